The van der Waals surface area contributed by atoms with Crippen LogP contribution in [0, 0.1) is 11.3 Å². The summed E-state index contributed by atoms with van der Waals surface area (Å²) in [6.07, 6.45) is 5.04. The average molecular weight is 394 g/mol. The SMILES string of the molecule is CCOC(=O)N1CCC2(CC(N3CCC4(CC3)CN(CC(C)C)C(=O)O4)C2)C1. The molecule has 1 saturated carbocycles. The Labute approximate surface area is 168 Å². The number of rotatable bonds is 4. The quantitative estimate of drug-likeness (QED) is 0.735. The molecule has 4 rings (SSSR count). The maximum absolute atomic E-state index is 12.2. The molecular weight excluding hydrogens is 358 g/mol. The summed E-state index contributed by atoms with van der Waals surface area (Å²) < 4.78 is 11.0. The highest BCUT2D eigenvalue weighted by molar-refractivity contribution is 5.70. The van der Waals surface area contributed by atoms with Crippen LogP contribution in [-0.2, 0) is 9.47 Å². The van der Waals surface area contributed by atoms with Crippen molar-refractivity contribution in [3.8, 4) is 0 Å². The highest BCUT2D eigenvalue weighted by Gasteiger charge is 2.53. The second-order valence-electron chi connectivity index (χ2n) is 9.79. The molecule has 7 heteroatoms. The fraction of sp³-hybridized carbons (Fsp3) is 0.905. The van der Waals surface area contributed by atoms with Crippen LogP contribution in [0.15, 0.2) is 0 Å². The first-order valence-corrected chi connectivity index (χ1v) is 11.0. The van der Waals surface area contributed by atoms with Crippen LogP contribution in [0.3, 0.4) is 0 Å². The Kier molecular flexibility index (Phi) is 5.23. The summed E-state index contributed by atoms with van der Waals surface area (Å²) in [5, 5.41) is 0. The van der Waals surface area contributed by atoms with Crippen molar-refractivity contribution in [2.75, 3.05) is 45.9 Å². The van der Waals surface area contributed by atoms with Crippen molar-refractivity contribution >= 4 is 12.2 Å². The number of hydrogen-bond donors (Lipinski definition) is 0. The lowest BCUT2D eigenvalue weighted by Gasteiger charge is -2.52. The molecule has 7 nitrogen and oxygen atoms in total. The van der Waals surface area contributed by atoms with Crippen LogP contribution < -0.4 is 0 Å². The maximum atomic E-state index is 12.2. The maximum Gasteiger partial charge on any atom is 0.410 e. The van der Waals surface area contributed by atoms with Gasteiger partial charge in [0.05, 0.1) is 13.2 Å². The lowest BCUT2D eigenvalue weighted by Crippen LogP contribution is -2.57. The van der Waals surface area contributed by atoms with E-state index in [2.05, 4.69) is 18.7 Å². The Balaban J connectivity index is 1.24. The normalized spacial score (nSPS) is 32.3. The number of piperidine rings is 1. The van der Waals surface area contributed by atoms with Crippen LogP contribution in [0.2, 0.25) is 0 Å². The van der Waals surface area contributed by atoms with Crippen LogP contribution in [0.25, 0.3) is 0 Å². The van der Waals surface area contributed by atoms with Gasteiger partial charge in [0.1, 0.15) is 5.60 Å². The average Bonchev–Trinajstić information content (AvgIpc) is 3.17. The molecule has 3 saturated heterocycles. The minimum absolute atomic E-state index is 0.130. The van der Waals surface area contributed by atoms with Crippen molar-refractivity contribution in [1.29, 1.82) is 0 Å². The molecule has 0 aromatic rings. The highest BCUT2D eigenvalue weighted by atomic mass is 16.6. The first-order chi connectivity index (χ1) is 13.3. The van der Waals surface area contributed by atoms with Gasteiger partial charge in [0.2, 0.25) is 0 Å². The van der Waals surface area contributed by atoms with Crippen molar-refractivity contribution in [2.45, 2.75) is 64.5 Å². The largest absolute Gasteiger partial charge is 0.450 e. The van der Waals surface area contributed by atoms with E-state index in [1.165, 1.54) is 12.8 Å². The van der Waals surface area contributed by atoms with Crippen LogP contribution in [-0.4, -0.2) is 84.4 Å². The molecule has 158 valence electrons. The molecule has 0 N–H and O–H groups in total. The molecule has 0 atom stereocenters. The Morgan fingerprint density at radius 1 is 1.18 bits per heavy atom. The van der Waals surface area contributed by atoms with E-state index in [0.717, 1.165) is 58.5 Å². The van der Waals surface area contributed by atoms with E-state index in [0.29, 0.717) is 24.0 Å². The van der Waals surface area contributed by atoms with Gasteiger partial charge < -0.3 is 24.2 Å². The molecule has 0 aromatic heterocycles. The van der Waals surface area contributed by atoms with E-state index in [4.69, 9.17) is 9.47 Å². The molecule has 0 radical (unpaired) electrons. The van der Waals surface area contributed by atoms with Crippen LogP contribution >= 0.6 is 0 Å². The van der Waals surface area contributed by atoms with E-state index >= 15 is 0 Å². The first-order valence-electron chi connectivity index (χ1n) is 11.0. The Morgan fingerprint density at radius 2 is 1.89 bits per heavy atom. The van der Waals surface area contributed by atoms with Gasteiger partial charge in [-0.3, -0.25) is 0 Å². The van der Waals surface area contributed by atoms with Gasteiger partial charge in [-0.1, -0.05) is 13.8 Å². The summed E-state index contributed by atoms with van der Waals surface area (Å²) in [7, 11) is 0. The molecule has 0 aromatic carbocycles. The zero-order valence-electron chi connectivity index (χ0n) is 17.6. The van der Waals surface area contributed by atoms with E-state index in [1.54, 1.807) is 0 Å². The topological polar surface area (TPSA) is 62.3 Å². The van der Waals surface area contributed by atoms with Gasteiger partial charge in [-0.25, -0.2) is 9.59 Å². The number of carbonyl (C=O) groups is 2. The predicted octanol–water partition coefficient (Wildman–Crippen LogP) is 2.94. The van der Waals surface area contributed by atoms with E-state index in [1.807, 2.05) is 16.7 Å². The molecule has 2 amide bonds. The van der Waals surface area contributed by atoms with Gasteiger partial charge in [-0.15, -0.1) is 0 Å². The molecule has 2 spiro atoms. The summed E-state index contributed by atoms with van der Waals surface area (Å²) in [6, 6.07) is 0.614. The van der Waals surface area contributed by atoms with Gasteiger partial charge in [-0.05, 0) is 37.5 Å². The van der Waals surface area contributed by atoms with Crippen molar-refractivity contribution in [3.63, 3.8) is 0 Å². The van der Waals surface area contributed by atoms with Crippen molar-refractivity contribution in [3.05, 3.63) is 0 Å². The summed E-state index contributed by atoms with van der Waals surface area (Å²) >= 11 is 0. The zero-order chi connectivity index (χ0) is 19.9. The second-order valence-corrected chi connectivity index (χ2v) is 9.79. The molecule has 0 unspecified atom stereocenters. The van der Waals surface area contributed by atoms with Crippen molar-refractivity contribution in [2.24, 2.45) is 11.3 Å². The number of hydrogen-bond acceptors (Lipinski definition) is 5. The predicted molar refractivity (Wildman–Crippen MR) is 105 cm³/mol. The minimum atomic E-state index is -0.266. The van der Waals surface area contributed by atoms with E-state index < -0.39 is 0 Å². The van der Waals surface area contributed by atoms with Gasteiger partial charge >= 0.3 is 12.2 Å². The summed E-state index contributed by atoms with van der Waals surface area (Å²) in [4.78, 5) is 30.5. The van der Waals surface area contributed by atoms with Crippen LogP contribution in [0.1, 0.15) is 52.9 Å². The van der Waals surface area contributed by atoms with Crippen LogP contribution in [0.4, 0.5) is 9.59 Å². The number of likely N-dealkylation sites (tertiary alicyclic amines) is 2. The summed E-state index contributed by atoms with van der Waals surface area (Å²) in [5.74, 6) is 0.467. The third-order valence-corrected chi connectivity index (χ3v) is 7.15. The fourth-order valence-electron chi connectivity index (χ4n) is 5.67. The third kappa shape index (κ3) is 3.70. The molecule has 4 aliphatic rings. The first kappa shape index (κ1) is 19.8. The molecule has 0 bridgehead atoms. The Hall–Kier alpha value is -1.50. The third-order valence-electron chi connectivity index (χ3n) is 7.15. The van der Waals surface area contributed by atoms with Gasteiger partial charge in [0.25, 0.3) is 0 Å². The molecule has 4 fully saturated rings. The van der Waals surface area contributed by atoms with Gasteiger partial charge in [-0.2, -0.15) is 0 Å². The molecule has 3 aliphatic heterocycles. The Bertz CT molecular complexity index is 609. The number of nitrogens with zero attached hydrogens (tertiary/aromatic N) is 3. The summed E-state index contributed by atoms with van der Waals surface area (Å²) in [5.41, 5.74) is 0.0401. The zero-order valence-corrected chi connectivity index (χ0v) is 17.6. The second kappa shape index (κ2) is 7.39. The molecular formula is C21H35N3O4. The molecule has 28 heavy (non-hydrogen) atoms. The molecule has 3 heterocycles. The van der Waals surface area contributed by atoms with Crippen LogP contribution in [0.5, 0.6) is 0 Å². The lowest BCUT2D eigenvalue weighted by atomic mass is 9.64. The smallest absolute Gasteiger partial charge is 0.410 e. The minimum Gasteiger partial charge on any atom is -0.450 e. The van der Waals surface area contributed by atoms with Crippen molar-refractivity contribution in [1.82, 2.24) is 14.7 Å². The summed E-state index contributed by atoms with van der Waals surface area (Å²) in [6.45, 7) is 11.8. The highest BCUT2D eigenvalue weighted by Crippen LogP contribution is 2.51. The van der Waals surface area contributed by atoms with E-state index in [9.17, 15) is 9.59 Å². The number of amides is 2. The van der Waals surface area contributed by atoms with Gasteiger partial charge in [0.15, 0.2) is 0 Å². The van der Waals surface area contributed by atoms with Gasteiger partial charge in [0, 0.05) is 51.6 Å². The number of ether oxygens (including phenoxy) is 2. The number of carbonyl (C=O) groups excluding carboxylic acids is 2. The lowest BCUT2D eigenvalue weighted by molar-refractivity contribution is -0.0510. The Morgan fingerprint density at radius 3 is 2.54 bits per heavy atom. The fourth-order valence-corrected chi connectivity index (χ4v) is 5.67. The van der Waals surface area contributed by atoms with E-state index in [-0.39, 0.29) is 17.8 Å². The molecule has 1 aliphatic carbocycles. The monoisotopic (exact) mass is 393 g/mol. The standard InChI is InChI=1S/C21H35N3O4/c1-4-27-18(25)23-8-5-20(14-23)11-17(12-20)22-9-6-21(7-10-22)15-24(13-16(2)3)19(26)28-21/h16-17H,4-15H2,1-3H3. The van der Waals surface area contributed by atoms with Crippen molar-refractivity contribution < 1.29 is 19.1 Å².